The molecule has 3 heterocycles. The molecule has 0 aromatic carbocycles. The van der Waals surface area contributed by atoms with Crippen LogP contribution in [0.15, 0.2) is 12.3 Å². The van der Waals surface area contributed by atoms with Gasteiger partial charge in [0.2, 0.25) is 17.7 Å². The van der Waals surface area contributed by atoms with Crippen LogP contribution in [0, 0.1) is 5.92 Å². The SMILES string of the molecule is CC(=O)N[C@H]1C[C@H]2CN(Cc3ccn(C)n3)[C@@H](CNC(=O)C3CC3)C(=O)N2C1. The van der Waals surface area contributed by atoms with Gasteiger partial charge in [-0.05, 0) is 25.3 Å². The molecule has 1 aromatic heterocycles. The molecule has 2 aliphatic heterocycles. The van der Waals surface area contributed by atoms with Crippen molar-refractivity contribution in [1.29, 1.82) is 0 Å². The predicted octanol–water partition coefficient (Wildman–Crippen LogP) is -0.764. The molecule has 1 saturated carbocycles. The topological polar surface area (TPSA) is 99.6 Å². The second-order valence-electron chi connectivity index (χ2n) is 8.22. The minimum atomic E-state index is -0.406. The van der Waals surface area contributed by atoms with E-state index in [9.17, 15) is 14.4 Å². The summed E-state index contributed by atoms with van der Waals surface area (Å²) in [6, 6.07) is 1.61. The summed E-state index contributed by atoms with van der Waals surface area (Å²) in [7, 11) is 1.87. The number of carbonyl (C=O) groups is 3. The Kier molecular flexibility index (Phi) is 5.09. The average molecular weight is 388 g/mol. The maximum Gasteiger partial charge on any atom is 0.242 e. The van der Waals surface area contributed by atoms with Crippen molar-refractivity contribution in [1.82, 2.24) is 30.2 Å². The van der Waals surface area contributed by atoms with E-state index >= 15 is 0 Å². The average Bonchev–Trinajstić information content (AvgIpc) is 3.29. The summed E-state index contributed by atoms with van der Waals surface area (Å²) < 4.78 is 1.75. The smallest absolute Gasteiger partial charge is 0.242 e. The lowest BCUT2D eigenvalue weighted by Gasteiger charge is -2.42. The van der Waals surface area contributed by atoms with Gasteiger partial charge in [-0.15, -0.1) is 0 Å². The van der Waals surface area contributed by atoms with Gasteiger partial charge in [-0.1, -0.05) is 0 Å². The van der Waals surface area contributed by atoms with Gasteiger partial charge in [-0.3, -0.25) is 24.0 Å². The van der Waals surface area contributed by atoms with E-state index in [1.54, 1.807) is 4.68 Å². The summed E-state index contributed by atoms with van der Waals surface area (Å²) in [6.07, 6.45) is 4.52. The van der Waals surface area contributed by atoms with E-state index in [4.69, 9.17) is 0 Å². The lowest BCUT2D eigenvalue weighted by Crippen LogP contribution is -2.62. The zero-order valence-corrected chi connectivity index (χ0v) is 16.4. The van der Waals surface area contributed by atoms with Crippen LogP contribution in [0.2, 0.25) is 0 Å². The Hall–Kier alpha value is -2.42. The Bertz CT molecular complexity index is 773. The fourth-order valence-corrected chi connectivity index (χ4v) is 4.33. The van der Waals surface area contributed by atoms with Crippen molar-refractivity contribution in [3.8, 4) is 0 Å². The normalized spacial score (nSPS) is 27.6. The van der Waals surface area contributed by atoms with E-state index in [-0.39, 0.29) is 35.7 Å². The summed E-state index contributed by atoms with van der Waals surface area (Å²) in [4.78, 5) is 40.8. The van der Waals surface area contributed by atoms with E-state index in [1.165, 1.54) is 6.92 Å². The number of nitrogens with zero attached hydrogens (tertiary/aromatic N) is 4. The maximum absolute atomic E-state index is 13.2. The molecule has 28 heavy (non-hydrogen) atoms. The van der Waals surface area contributed by atoms with Crippen LogP contribution in [-0.2, 0) is 28.0 Å². The highest BCUT2D eigenvalue weighted by atomic mass is 16.2. The molecule has 0 unspecified atom stereocenters. The maximum atomic E-state index is 13.2. The molecule has 0 spiro atoms. The van der Waals surface area contributed by atoms with Gasteiger partial charge >= 0.3 is 0 Å². The second kappa shape index (κ2) is 7.54. The molecule has 0 radical (unpaired) electrons. The molecule has 3 aliphatic rings. The molecule has 0 bridgehead atoms. The highest BCUT2D eigenvalue weighted by Crippen LogP contribution is 2.30. The number of fused-ring (bicyclic) bond motifs is 1. The number of aromatic nitrogens is 2. The number of hydrogen-bond acceptors (Lipinski definition) is 5. The van der Waals surface area contributed by atoms with Crippen LogP contribution < -0.4 is 10.6 Å². The van der Waals surface area contributed by atoms with Crippen molar-refractivity contribution in [2.45, 2.75) is 50.9 Å². The number of amides is 3. The van der Waals surface area contributed by atoms with Gasteiger partial charge in [0, 0.05) is 64.3 Å². The van der Waals surface area contributed by atoms with E-state index in [1.807, 2.05) is 24.2 Å². The third-order valence-electron chi connectivity index (χ3n) is 5.83. The predicted molar refractivity (Wildman–Crippen MR) is 101 cm³/mol. The molecular formula is C19H28N6O3. The monoisotopic (exact) mass is 388 g/mol. The van der Waals surface area contributed by atoms with Gasteiger partial charge in [-0.2, -0.15) is 5.10 Å². The molecule has 2 N–H and O–H groups in total. The molecule has 4 rings (SSSR count). The van der Waals surface area contributed by atoms with Crippen molar-refractivity contribution >= 4 is 17.7 Å². The molecule has 152 valence electrons. The van der Waals surface area contributed by atoms with Gasteiger partial charge in [0.15, 0.2) is 0 Å². The Labute approximate surface area is 164 Å². The molecule has 9 nitrogen and oxygen atoms in total. The summed E-state index contributed by atoms with van der Waals surface area (Å²) in [5, 5.41) is 10.3. The largest absolute Gasteiger partial charge is 0.354 e. The second-order valence-corrected chi connectivity index (χ2v) is 8.22. The van der Waals surface area contributed by atoms with E-state index < -0.39 is 6.04 Å². The Morgan fingerprint density at radius 1 is 1.29 bits per heavy atom. The zero-order chi connectivity index (χ0) is 19.8. The van der Waals surface area contributed by atoms with E-state index in [0.29, 0.717) is 26.2 Å². The summed E-state index contributed by atoms with van der Waals surface area (Å²) >= 11 is 0. The van der Waals surface area contributed by atoms with Crippen molar-refractivity contribution in [3.63, 3.8) is 0 Å². The molecule has 3 amide bonds. The summed E-state index contributed by atoms with van der Waals surface area (Å²) in [5.41, 5.74) is 0.902. The molecule has 1 aliphatic carbocycles. The molecule has 3 atom stereocenters. The van der Waals surface area contributed by atoms with Gasteiger partial charge in [0.25, 0.3) is 0 Å². The Morgan fingerprint density at radius 3 is 2.71 bits per heavy atom. The van der Waals surface area contributed by atoms with Gasteiger partial charge in [0.1, 0.15) is 6.04 Å². The first-order chi connectivity index (χ1) is 13.4. The van der Waals surface area contributed by atoms with Crippen LogP contribution in [0.3, 0.4) is 0 Å². The van der Waals surface area contributed by atoms with Crippen LogP contribution in [0.1, 0.15) is 31.9 Å². The number of piperazine rings is 1. The van der Waals surface area contributed by atoms with E-state index in [2.05, 4.69) is 20.6 Å². The fourth-order valence-electron chi connectivity index (χ4n) is 4.33. The summed E-state index contributed by atoms with van der Waals surface area (Å²) in [5.74, 6) is 0.115. The van der Waals surface area contributed by atoms with Crippen molar-refractivity contribution in [3.05, 3.63) is 18.0 Å². The number of carbonyl (C=O) groups excluding carboxylic acids is 3. The van der Waals surface area contributed by atoms with Crippen LogP contribution in [0.5, 0.6) is 0 Å². The molecule has 2 saturated heterocycles. The zero-order valence-electron chi connectivity index (χ0n) is 16.4. The Balaban J connectivity index is 1.48. The molecule has 1 aromatic rings. The van der Waals surface area contributed by atoms with Crippen molar-refractivity contribution in [2.24, 2.45) is 13.0 Å². The van der Waals surface area contributed by atoms with Gasteiger partial charge in [-0.25, -0.2) is 0 Å². The number of nitrogens with one attached hydrogen (secondary N) is 2. The standard InChI is InChI=1S/C19H28N6O3/c1-12(26)21-15-7-16-11-24(9-14-5-6-23(2)22-14)17(19(28)25(16)10-15)8-20-18(27)13-3-4-13/h5-6,13,15-17H,3-4,7-11H2,1-2H3,(H,20,27)(H,21,26)/t15-,16-,17-/m0/s1. The Morgan fingerprint density at radius 2 is 2.07 bits per heavy atom. The lowest BCUT2D eigenvalue weighted by molar-refractivity contribution is -0.144. The van der Waals surface area contributed by atoms with Crippen molar-refractivity contribution < 1.29 is 14.4 Å². The molecular weight excluding hydrogens is 360 g/mol. The highest BCUT2D eigenvalue weighted by Gasteiger charge is 2.46. The number of hydrogen-bond donors (Lipinski definition) is 2. The summed E-state index contributed by atoms with van der Waals surface area (Å²) in [6.45, 7) is 3.62. The van der Waals surface area contributed by atoms with Crippen LogP contribution in [-0.4, -0.2) is 75.1 Å². The number of aryl methyl sites for hydroxylation is 1. The third kappa shape index (κ3) is 4.04. The van der Waals surface area contributed by atoms with Gasteiger partial charge in [0.05, 0.1) is 5.69 Å². The quantitative estimate of drug-likeness (QED) is 0.667. The third-order valence-corrected chi connectivity index (χ3v) is 5.83. The lowest BCUT2D eigenvalue weighted by atomic mass is 10.0. The highest BCUT2D eigenvalue weighted by molar-refractivity contribution is 5.86. The van der Waals surface area contributed by atoms with Crippen LogP contribution >= 0.6 is 0 Å². The first kappa shape index (κ1) is 18.9. The minimum absolute atomic E-state index is 0.0112. The van der Waals surface area contributed by atoms with Crippen LogP contribution in [0.25, 0.3) is 0 Å². The van der Waals surface area contributed by atoms with E-state index in [0.717, 1.165) is 25.0 Å². The number of rotatable bonds is 6. The fraction of sp³-hybridized carbons (Fsp3) is 0.684. The molecule has 3 fully saturated rings. The molecule has 9 heteroatoms. The van der Waals surface area contributed by atoms with Gasteiger partial charge < -0.3 is 15.5 Å². The first-order valence-corrected chi connectivity index (χ1v) is 9.98. The van der Waals surface area contributed by atoms with Crippen molar-refractivity contribution in [2.75, 3.05) is 19.6 Å². The first-order valence-electron chi connectivity index (χ1n) is 9.98. The van der Waals surface area contributed by atoms with Crippen LogP contribution in [0.4, 0.5) is 0 Å². The minimum Gasteiger partial charge on any atom is -0.354 e.